The van der Waals surface area contributed by atoms with Crippen molar-refractivity contribution in [1.82, 2.24) is 0 Å². The molecule has 2 N–H and O–H groups in total. The summed E-state index contributed by atoms with van der Waals surface area (Å²) in [7, 11) is 0. The van der Waals surface area contributed by atoms with E-state index in [4.69, 9.17) is 11.6 Å². The first-order valence-electron chi connectivity index (χ1n) is 8.25. The second-order valence-corrected chi connectivity index (χ2v) is 7.04. The third kappa shape index (κ3) is 2.78. The molecule has 9 heteroatoms. The van der Waals surface area contributed by atoms with Gasteiger partial charge in [-0.3, -0.25) is 20.2 Å². The number of hydrogen-bond donors (Lipinski definition) is 2. The third-order valence-corrected chi connectivity index (χ3v) is 5.49. The zero-order valence-corrected chi connectivity index (χ0v) is 14.6. The first kappa shape index (κ1) is 17.3. The summed E-state index contributed by atoms with van der Waals surface area (Å²) in [6.07, 6.45) is 4.66. The molecule has 0 radical (unpaired) electrons. The lowest BCUT2D eigenvalue weighted by Crippen LogP contribution is -2.29. The van der Waals surface area contributed by atoms with Crippen LogP contribution in [0.25, 0.3) is 0 Å². The molecular weight excluding hydrogens is 374 g/mol. The average Bonchev–Trinajstić information content (AvgIpc) is 3.11. The Kier molecular flexibility index (Phi) is 4.00. The van der Waals surface area contributed by atoms with Gasteiger partial charge in [0.15, 0.2) is 0 Å². The Bertz CT molecular complexity index is 1010. The second-order valence-electron chi connectivity index (χ2n) is 6.63. The number of phenolic OH excluding ortho intramolecular Hbond substituents is 1. The number of fused-ring (bicyclic) bond motifs is 3. The maximum absolute atomic E-state index is 11.2. The highest BCUT2D eigenvalue weighted by molar-refractivity contribution is 6.32. The van der Waals surface area contributed by atoms with Gasteiger partial charge in [-0.2, -0.15) is 0 Å². The zero-order chi connectivity index (χ0) is 19.3. The Morgan fingerprint density at radius 2 is 1.93 bits per heavy atom. The number of hydrogen-bond acceptors (Lipinski definition) is 6. The predicted molar refractivity (Wildman–Crippen MR) is 99.2 cm³/mol. The summed E-state index contributed by atoms with van der Waals surface area (Å²) in [5, 5.41) is 36.0. The standard InChI is InChI=1S/C18H14ClN3O5/c19-14-5-4-9(6-15(14)22(26)27)17-12-3-1-2-11(12)13-7-10(21(24)25)8-16(23)18(13)20-17/h1-2,4-8,11-12,17,20,23H,3H2. The number of benzene rings is 2. The minimum atomic E-state index is -0.539. The summed E-state index contributed by atoms with van der Waals surface area (Å²) >= 11 is 5.92. The van der Waals surface area contributed by atoms with Gasteiger partial charge in [0, 0.05) is 18.1 Å². The van der Waals surface area contributed by atoms with Crippen LogP contribution in [0.3, 0.4) is 0 Å². The topological polar surface area (TPSA) is 119 Å². The van der Waals surface area contributed by atoms with E-state index in [2.05, 4.69) is 5.32 Å². The number of nitrogens with zero attached hydrogens (tertiary/aromatic N) is 2. The van der Waals surface area contributed by atoms with Gasteiger partial charge in [0.05, 0.1) is 27.6 Å². The van der Waals surface area contributed by atoms with Crippen LogP contribution in [0.1, 0.15) is 29.5 Å². The van der Waals surface area contributed by atoms with Gasteiger partial charge < -0.3 is 10.4 Å². The highest BCUT2D eigenvalue weighted by atomic mass is 35.5. The molecule has 1 aliphatic heterocycles. The first-order valence-corrected chi connectivity index (χ1v) is 8.63. The Hall–Kier alpha value is -3.13. The molecule has 3 atom stereocenters. The summed E-state index contributed by atoms with van der Waals surface area (Å²) < 4.78 is 0. The molecule has 4 rings (SSSR count). The van der Waals surface area contributed by atoms with E-state index in [1.165, 1.54) is 18.2 Å². The summed E-state index contributed by atoms with van der Waals surface area (Å²) in [5.41, 5.74) is 1.38. The molecule has 2 aliphatic rings. The number of non-ortho nitro benzene ring substituents is 1. The number of rotatable bonds is 3. The van der Waals surface area contributed by atoms with Crippen molar-refractivity contribution in [1.29, 1.82) is 0 Å². The number of aromatic hydroxyl groups is 1. The number of nitrogens with one attached hydrogen (secondary N) is 1. The minimum Gasteiger partial charge on any atom is -0.506 e. The van der Waals surface area contributed by atoms with Crippen LogP contribution in [-0.4, -0.2) is 15.0 Å². The summed E-state index contributed by atoms with van der Waals surface area (Å²) in [4.78, 5) is 21.3. The van der Waals surface area contributed by atoms with Crippen LogP contribution in [0.5, 0.6) is 5.75 Å². The molecule has 0 bridgehead atoms. The van der Waals surface area contributed by atoms with Gasteiger partial charge in [-0.25, -0.2) is 0 Å². The first-order chi connectivity index (χ1) is 12.9. The van der Waals surface area contributed by atoms with Crippen LogP contribution in [-0.2, 0) is 0 Å². The molecule has 1 heterocycles. The molecule has 0 saturated carbocycles. The number of phenols is 1. The predicted octanol–water partition coefficient (Wildman–Crippen LogP) is 4.69. The fourth-order valence-corrected chi connectivity index (χ4v) is 4.15. The van der Waals surface area contributed by atoms with Crippen molar-refractivity contribution < 1.29 is 15.0 Å². The number of nitro benzene ring substituents is 2. The van der Waals surface area contributed by atoms with Crippen LogP contribution < -0.4 is 5.32 Å². The lowest BCUT2D eigenvalue weighted by Gasteiger charge is -2.37. The molecule has 0 saturated heterocycles. The molecule has 1 aliphatic carbocycles. The van der Waals surface area contributed by atoms with E-state index in [-0.39, 0.29) is 40.0 Å². The summed E-state index contributed by atoms with van der Waals surface area (Å²) in [5.74, 6) is -0.335. The Balaban J connectivity index is 1.82. The highest BCUT2D eigenvalue weighted by Gasteiger charge is 2.40. The lowest BCUT2D eigenvalue weighted by molar-refractivity contribution is -0.385. The van der Waals surface area contributed by atoms with E-state index in [0.717, 1.165) is 6.07 Å². The Morgan fingerprint density at radius 3 is 2.63 bits per heavy atom. The van der Waals surface area contributed by atoms with Crippen molar-refractivity contribution in [3.63, 3.8) is 0 Å². The molecule has 27 heavy (non-hydrogen) atoms. The summed E-state index contributed by atoms with van der Waals surface area (Å²) in [6, 6.07) is 6.90. The Labute approximate surface area is 158 Å². The fourth-order valence-electron chi connectivity index (χ4n) is 3.96. The van der Waals surface area contributed by atoms with Crippen LogP contribution in [0, 0.1) is 26.1 Å². The molecule has 2 aromatic carbocycles. The van der Waals surface area contributed by atoms with E-state index in [1.54, 1.807) is 6.07 Å². The van der Waals surface area contributed by atoms with Crippen LogP contribution in [0.15, 0.2) is 42.5 Å². The van der Waals surface area contributed by atoms with Crippen molar-refractivity contribution in [2.75, 3.05) is 5.32 Å². The quantitative estimate of drug-likeness (QED) is 0.341. The largest absolute Gasteiger partial charge is 0.506 e. The van der Waals surface area contributed by atoms with Crippen molar-refractivity contribution in [2.24, 2.45) is 5.92 Å². The molecule has 0 fully saturated rings. The number of allylic oxidation sites excluding steroid dienone is 2. The SMILES string of the molecule is O=[N+]([O-])c1cc(O)c2c(c1)C1C=CCC1C(c1ccc(Cl)c([N+](=O)[O-])c1)N2. The van der Waals surface area contributed by atoms with Gasteiger partial charge in [0.2, 0.25) is 0 Å². The maximum Gasteiger partial charge on any atom is 0.288 e. The minimum absolute atomic E-state index is 0.0136. The molecular formula is C18H14ClN3O5. The smallest absolute Gasteiger partial charge is 0.288 e. The van der Waals surface area contributed by atoms with Crippen molar-refractivity contribution in [2.45, 2.75) is 18.4 Å². The van der Waals surface area contributed by atoms with Crippen molar-refractivity contribution >= 4 is 28.7 Å². The monoisotopic (exact) mass is 387 g/mol. The lowest BCUT2D eigenvalue weighted by atomic mass is 9.76. The van der Waals surface area contributed by atoms with Crippen LogP contribution in [0.4, 0.5) is 17.1 Å². The van der Waals surface area contributed by atoms with Gasteiger partial charge in [-0.05, 0) is 29.5 Å². The highest BCUT2D eigenvalue weighted by Crippen LogP contribution is 2.53. The van der Waals surface area contributed by atoms with Crippen LogP contribution >= 0.6 is 11.6 Å². The normalized spacial score (nSPS) is 22.6. The fraction of sp³-hybridized carbons (Fsp3) is 0.222. The van der Waals surface area contributed by atoms with Gasteiger partial charge >= 0.3 is 0 Å². The van der Waals surface area contributed by atoms with E-state index < -0.39 is 9.85 Å². The summed E-state index contributed by atoms with van der Waals surface area (Å²) in [6.45, 7) is 0. The Morgan fingerprint density at radius 1 is 1.15 bits per heavy atom. The van der Waals surface area contributed by atoms with Gasteiger partial charge in [0.1, 0.15) is 10.8 Å². The average molecular weight is 388 g/mol. The molecule has 2 aromatic rings. The maximum atomic E-state index is 11.2. The van der Waals surface area contributed by atoms with E-state index in [9.17, 15) is 25.3 Å². The van der Waals surface area contributed by atoms with Crippen LogP contribution in [0.2, 0.25) is 5.02 Å². The van der Waals surface area contributed by atoms with E-state index in [0.29, 0.717) is 23.2 Å². The van der Waals surface area contributed by atoms with E-state index in [1.807, 2.05) is 12.2 Å². The molecule has 138 valence electrons. The molecule has 8 nitrogen and oxygen atoms in total. The number of halogens is 1. The number of anilines is 1. The second kappa shape index (κ2) is 6.24. The molecule has 3 unspecified atom stereocenters. The van der Waals surface area contributed by atoms with Gasteiger partial charge in [-0.15, -0.1) is 0 Å². The van der Waals surface area contributed by atoms with Crippen molar-refractivity contribution in [3.05, 3.63) is 78.9 Å². The van der Waals surface area contributed by atoms with Crippen molar-refractivity contribution in [3.8, 4) is 5.75 Å². The van der Waals surface area contributed by atoms with Gasteiger partial charge in [0.25, 0.3) is 11.4 Å². The third-order valence-electron chi connectivity index (χ3n) is 5.17. The van der Waals surface area contributed by atoms with E-state index >= 15 is 0 Å². The molecule has 0 aromatic heterocycles. The molecule has 0 amide bonds. The van der Waals surface area contributed by atoms with Gasteiger partial charge in [-0.1, -0.05) is 29.8 Å². The zero-order valence-electron chi connectivity index (χ0n) is 13.8. The number of nitro groups is 2. The molecule has 0 spiro atoms.